The molecular formula is C10H11BrFN3O2. The molecule has 0 amide bonds. The minimum Gasteiger partial charge on any atom is -0.363 e. The van der Waals surface area contributed by atoms with Crippen LogP contribution in [0.4, 0.5) is 15.8 Å². The Bertz CT molecular complexity index is 465. The number of likely N-dealkylation sites (N-methyl/N-ethyl adjacent to an activating group) is 1. The summed E-state index contributed by atoms with van der Waals surface area (Å²) in [5.74, 6) is -0.496. The maximum absolute atomic E-state index is 13.5. The molecule has 1 N–H and O–H groups in total. The number of anilines is 1. The topological polar surface area (TPSA) is 58.4 Å². The lowest BCUT2D eigenvalue weighted by molar-refractivity contribution is -0.384. The zero-order valence-electron chi connectivity index (χ0n) is 9.11. The Morgan fingerprint density at radius 3 is 2.71 bits per heavy atom. The maximum atomic E-state index is 13.5. The number of nitrogens with one attached hydrogen (secondary N) is 1. The first-order valence-electron chi connectivity index (χ1n) is 5.07. The molecule has 0 spiro atoms. The van der Waals surface area contributed by atoms with Crippen molar-refractivity contribution in [1.29, 1.82) is 0 Å². The van der Waals surface area contributed by atoms with Gasteiger partial charge in [0, 0.05) is 32.3 Å². The molecule has 0 radical (unpaired) electrons. The molecule has 1 aromatic rings. The van der Waals surface area contributed by atoms with E-state index in [4.69, 9.17) is 0 Å². The summed E-state index contributed by atoms with van der Waals surface area (Å²) < 4.78 is 13.6. The third kappa shape index (κ3) is 2.25. The Balaban J connectivity index is 2.42. The monoisotopic (exact) mass is 303 g/mol. The number of nitrogens with zero attached hydrogens (tertiary/aromatic N) is 2. The second-order valence-corrected chi connectivity index (χ2v) is 4.79. The molecule has 1 heterocycles. The third-order valence-electron chi connectivity index (χ3n) is 2.90. The van der Waals surface area contributed by atoms with Crippen molar-refractivity contribution in [2.45, 2.75) is 6.04 Å². The maximum Gasteiger partial charge on any atom is 0.293 e. The van der Waals surface area contributed by atoms with Crippen molar-refractivity contribution < 1.29 is 9.31 Å². The fourth-order valence-electron chi connectivity index (χ4n) is 1.70. The van der Waals surface area contributed by atoms with E-state index in [1.54, 1.807) is 11.9 Å². The van der Waals surface area contributed by atoms with Gasteiger partial charge >= 0.3 is 0 Å². The summed E-state index contributed by atoms with van der Waals surface area (Å²) in [6.07, 6.45) is 0. The highest BCUT2D eigenvalue weighted by molar-refractivity contribution is 9.10. The van der Waals surface area contributed by atoms with E-state index in [1.807, 2.05) is 0 Å². The number of hydrogen-bond acceptors (Lipinski definition) is 4. The SMILES string of the molecule is CN(c1cc(F)c(Br)cc1[N+](=O)[O-])C1CNC1. The van der Waals surface area contributed by atoms with Crippen molar-refractivity contribution in [2.24, 2.45) is 0 Å². The number of hydrogen-bond donors (Lipinski definition) is 1. The lowest BCUT2D eigenvalue weighted by atomic mass is 10.1. The first-order valence-corrected chi connectivity index (χ1v) is 5.87. The van der Waals surface area contributed by atoms with E-state index in [9.17, 15) is 14.5 Å². The van der Waals surface area contributed by atoms with Crippen LogP contribution in [0.15, 0.2) is 16.6 Å². The highest BCUT2D eigenvalue weighted by Gasteiger charge is 2.28. The minimum atomic E-state index is -0.498. The second kappa shape index (κ2) is 4.58. The van der Waals surface area contributed by atoms with E-state index < -0.39 is 10.7 Å². The average Bonchev–Trinajstić information content (AvgIpc) is 2.18. The van der Waals surface area contributed by atoms with Gasteiger partial charge in [-0.05, 0) is 15.9 Å². The van der Waals surface area contributed by atoms with Gasteiger partial charge in [0.25, 0.3) is 5.69 Å². The van der Waals surface area contributed by atoms with Crippen LogP contribution in [0.25, 0.3) is 0 Å². The van der Waals surface area contributed by atoms with Crippen molar-refractivity contribution in [3.05, 3.63) is 32.5 Å². The van der Waals surface area contributed by atoms with Crippen molar-refractivity contribution in [3.8, 4) is 0 Å². The van der Waals surface area contributed by atoms with Gasteiger partial charge in [0.15, 0.2) is 0 Å². The molecule has 0 saturated carbocycles. The Morgan fingerprint density at radius 1 is 1.59 bits per heavy atom. The van der Waals surface area contributed by atoms with Gasteiger partial charge in [-0.1, -0.05) is 0 Å². The van der Waals surface area contributed by atoms with Crippen LogP contribution in [0.3, 0.4) is 0 Å². The number of nitro benzene ring substituents is 1. The Labute approximate surface area is 106 Å². The van der Waals surface area contributed by atoms with E-state index in [0.717, 1.165) is 13.1 Å². The van der Waals surface area contributed by atoms with Crippen LogP contribution in [0.5, 0.6) is 0 Å². The summed E-state index contributed by atoms with van der Waals surface area (Å²) in [5, 5.41) is 14.0. The molecule has 1 aliphatic heterocycles. The summed E-state index contributed by atoms with van der Waals surface area (Å²) in [6, 6.07) is 2.57. The molecule has 1 aromatic carbocycles. The summed E-state index contributed by atoms with van der Waals surface area (Å²) in [6.45, 7) is 1.51. The van der Waals surface area contributed by atoms with Gasteiger partial charge in [0.1, 0.15) is 11.5 Å². The first kappa shape index (κ1) is 12.3. The van der Waals surface area contributed by atoms with Crippen LogP contribution in [0.2, 0.25) is 0 Å². The van der Waals surface area contributed by atoms with E-state index in [0.29, 0.717) is 5.69 Å². The van der Waals surface area contributed by atoms with Gasteiger partial charge in [-0.15, -0.1) is 0 Å². The highest BCUT2D eigenvalue weighted by Crippen LogP contribution is 2.33. The predicted molar refractivity (Wildman–Crippen MR) is 65.8 cm³/mol. The van der Waals surface area contributed by atoms with Gasteiger partial charge < -0.3 is 10.2 Å². The number of halogens is 2. The highest BCUT2D eigenvalue weighted by atomic mass is 79.9. The van der Waals surface area contributed by atoms with Crippen molar-refractivity contribution in [1.82, 2.24) is 5.32 Å². The first-order chi connectivity index (χ1) is 8.00. The zero-order valence-corrected chi connectivity index (χ0v) is 10.7. The van der Waals surface area contributed by atoms with Crippen LogP contribution in [-0.2, 0) is 0 Å². The van der Waals surface area contributed by atoms with Gasteiger partial charge in [-0.2, -0.15) is 0 Å². The van der Waals surface area contributed by atoms with Crippen LogP contribution < -0.4 is 10.2 Å². The number of rotatable bonds is 3. The van der Waals surface area contributed by atoms with Crippen molar-refractivity contribution in [2.75, 3.05) is 25.0 Å². The summed E-state index contributed by atoms with van der Waals surface area (Å²) in [7, 11) is 1.74. The molecule has 5 nitrogen and oxygen atoms in total. The van der Waals surface area contributed by atoms with E-state index in [-0.39, 0.29) is 16.2 Å². The molecule has 7 heteroatoms. The van der Waals surface area contributed by atoms with Crippen LogP contribution in [-0.4, -0.2) is 31.1 Å². The summed E-state index contributed by atoms with van der Waals surface area (Å²) >= 11 is 2.96. The van der Waals surface area contributed by atoms with Gasteiger partial charge in [0.05, 0.1) is 15.4 Å². The lowest BCUT2D eigenvalue weighted by Gasteiger charge is -2.36. The third-order valence-corrected chi connectivity index (χ3v) is 3.51. The van der Waals surface area contributed by atoms with Gasteiger partial charge in [-0.3, -0.25) is 10.1 Å². The fourth-order valence-corrected chi connectivity index (χ4v) is 2.03. The Hall–Kier alpha value is -1.21. The lowest BCUT2D eigenvalue weighted by Crippen LogP contribution is -2.56. The number of benzene rings is 1. The summed E-state index contributed by atoms with van der Waals surface area (Å²) in [4.78, 5) is 12.2. The standard InChI is InChI=1S/C10H11BrFN3O2/c1-14(6-4-13-5-6)9-3-8(12)7(11)2-10(9)15(16)17/h2-3,6,13H,4-5H2,1H3. The largest absolute Gasteiger partial charge is 0.363 e. The predicted octanol–water partition coefficient (Wildman–Crippen LogP) is 1.90. The minimum absolute atomic E-state index is 0.0901. The molecule has 2 rings (SSSR count). The molecule has 1 saturated heterocycles. The molecule has 0 atom stereocenters. The van der Waals surface area contributed by atoms with Crippen LogP contribution in [0.1, 0.15) is 0 Å². The Morgan fingerprint density at radius 2 is 2.24 bits per heavy atom. The van der Waals surface area contributed by atoms with Crippen molar-refractivity contribution >= 4 is 27.3 Å². The quantitative estimate of drug-likeness (QED) is 0.684. The average molecular weight is 304 g/mol. The van der Waals surface area contributed by atoms with E-state index in [2.05, 4.69) is 21.2 Å². The fraction of sp³-hybridized carbons (Fsp3) is 0.400. The molecule has 17 heavy (non-hydrogen) atoms. The van der Waals surface area contributed by atoms with Crippen LogP contribution >= 0.6 is 15.9 Å². The smallest absolute Gasteiger partial charge is 0.293 e. The molecule has 0 aliphatic carbocycles. The molecule has 1 aliphatic rings. The normalized spacial score (nSPS) is 15.5. The summed E-state index contributed by atoms with van der Waals surface area (Å²) in [5.41, 5.74) is 0.217. The zero-order chi connectivity index (χ0) is 12.6. The van der Waals surface area contributed by atoms with E-state index in [1.165, 1.54) is 12.1 Å². The van der Waals surface area contributed by atoms with Crippen LogP contribution in [0, 0.1) is 15.9 Å². The molecular weight excluding hydrogens is 293 g/mol. The molecule has 0 unspecified atom stereocenters. The molecule has 0 aromatic heterocycles. The Kier molecular flexibility index (Phi) is 3.30. The van der Waals surface area contributed by atoms with Crippen molar-refractivity contribution in [3.63, 3.8) is 0 Å². The number of nitro groups is 1. The van der Waals surface area contributed by atoms with E-state index >= 15 is 0 Å². The second-order valence-electron chi connectivity index (χ2n) is 3.94. The molecule has 1 fully saturated rings. The van der Waals surface area contributed by atoms with Gasteiger partial charge in [-0.25, -0.2) is 4.39 Å². The van der Waals surface area contributed by atoms with Gasteiger partial charge in [0.2, 0.25) is 0 Å². The molecule has 92 valence electrons. The molecule has 0 bridgehead atoms.